The SMILES string of the molecule is CC(C)C(=O)N1CCC[C@H]1C1=NC=C(C2CCC(c3ccc(-c4cnc([C@@H]5CCCN5C(=O)[C@H](C)c5ccccc5)[nH]4)nc3)CC2)C1.CC(C)C(=O)N1CCC[C@H]1C1=NC=C(N2CCN(c3ccc(-c4cnc([C@@H]5CCCN5C(=O)[C@H](C)c5ccccc5)[nH]4)cc3)CC2)C1. The van der Waals surface area contributed by atoms with Gasteiger partial charge in [0.2, 0.25) is 23.6 Å². The van der Waals surface area contributed by atoms with E-state index in [4.69, 9.17) is 24.9 Å². The van der Waals surface area contributed by atoms with Crippen LogP contribution in [0.15, 0.2) is 149 Å². The molecule has 14 rings (SSSR count). The normalized spacial score (nSPS) is 23.7. The van der Waals surface area contributed by atoms with Crippen LogP contribution in [0.5, 0.6) is 0 Å². The highest BCUT2D eigenvalue weighted by molar-refractivity contribution is 5.98. The van der Waals surface area contributed by atoms with Gasteiger partial charge in [-0.3, -0.25) is 34.1 Å². The number of H-pyrrole nitrogens is 2. The zero-order chi connectivity index (χ0) is 65.0. The van der Waals surface area contributed by atoms with E-state index in [9.17, 15) is 19.2 Å². The Labute approximate surface area is 555 Å². The number of rotatable bonds is 16. The Hall–Kier alpha value is -8.47. The number of carbonyl (C=O) groups excluding carboxylic acids is 4. The summed E-state index contributed by atoms with van der Waals surface area (Å²) in [5.74, 6) is 3.35. The summed E-state index contributed by atoms with van der Waals surface area (Å²) in [6.07, 6.45) is 24.4. The number of carbonyl (C=O) groups is 4. The number of pyridine rings is 1. The molecule has 1 saturated carbocycles. The highest BCUT2D eigenvalue weighted by Crippen LogP contribution is 2.43. The van der Waals surface area contributed by atoms with Gasteiger partial charge in [0.05, 0.1) is 65.5 Å². The molecule has 2 N–H and O–H groups in total. The number of nitrogens with one attached hydrogen (secondary N) is 2. The Morgan fingerprint density at radius 1 is 0.436 bits per heavy atom. The Balaban J connectivity index is 0.000000171. The number of aliphatic imine (C=N–C) groups is 2. The van der Waals surface area contributed by atoms with Gasteiger partial charge in [0.15, 0.2) is 0 Å². The molecule has 0 unspecified atom stereocenters. The van der Waals surface area contributed by atoms with Crippen LogP contribution in [-0.2, 0) is 19.2 Å². The van der Waals surface area contributed by atoms with Crippen LogP contribution in [0.25, 0.3) is 22.6 Å². The van der Waals surface area contributed by atoms with Crippen molar-refractivity contribution in [3.63, 3.8) is 0 Å². The lowest BCUT2D eigenvalue weighted by Crippen LogP contribution is -2.46. The second-order valence-corrected chi connectivity index (χ2v) is 28.2. The molecule has 6 fully saturated rings. The number of hydrogen-bond donors (Lipinski definition) is 2. The van der Waals surface area contributed by atoms with Crippen LogP contribution in [0, 0.1) is 17.8 Å². The molecule has 1 aliphatic carbocycles. The number of anilines is 1. The number of amides is 4. The standard InChI is InChI=1S/C39H48N6O2.C38H47N7O2/c1-25(2)38(46)44-19-7-11-35(44)33-21-31(23-41-33)29-15-13-28(14-16-29)30-17-18-32(40-22-30)34-24-42-37(43-34)36-12-8-20-45(36)39(47)26(3)27-9-5-4-6-10-27;1-26(2)37(46)44-17-7-11-34(44)32-23-31(24-39-32)43-21-19-42(20-22-43)30-15-13-29(14-16-30)33-25-40-36(41-33)35-12-8-18-45(35)38(47)27(3)28-9-5-4-6-10-28/h4-6,9-10,17-18,22-26,28-29,35-36H,7-8,11-16,19-21H2,1-3H3,(H,42,43);4-6,9-10,13-16,24-27,34-35H,7-8,11-12,17-23H2,1-3H3,(H,40,41)/t26-,28?,29?,35+,36+;27-,34+,35+/m11/s1. The van der Waals surface area contributed by atoms with Gasteiger partial charge in [-0.2, -0.15) is 0 Å². The van der Waals surface area contributed by atoms with Gasteiger partial charge in [-0.25, -0.2) is 9.97 Å². The van der Waals surface area contributed by atoms with Crippen LogP contribution in [0.3, 0.4) is 0 Å². The summed E-state index contributed by atoms with van der Waals surface area (Å²) in [5, 5.41) is 0. The molecular weight excluding hydrogens is 1170 g/mol. The smallest absolute Gasteiger partial charge is 0.230 e. The number of aromatic nitrogens is 5. The van der Waals surface area contributed by atoms with E-state index in [0.29, 0.717) is 11.8 Å². The van der Waals surface area contributed by atoms with Gasteiger partial charge in [-0.1, -0.05) is 107 Å². The van der Waals surface area contributed by atoms with Crippen molar-refractivity contribution >= 4 is 40.7 Å². The first-order valence-corrected chi connectivity index (χ1v) is 35.2. The molecule has 10 heterocycles. The third kappa shape index (κ3) is 13.7. The first-order chi connectivity index (χ1) is 45.7. The first-order valence-electron chi connectivity index (χ1n) is 35.2. The lowest BCUT2D eigenvalue weighted by molar-refractivity contribution is -0.134. The van der Waals surface area contributed by atoms with Crippen molar-refractivity contribution in [3.05, 3.63) is 168 Å². The molecule has 3 aromatic heterocycles. The van der Waals surface area contributed by atoms with Crippen LogP contribution in [0.1, 0.15) is 190 Å². The largest absolute Gasteiger partial charge is 0.370 e. The number of benzene rings is 3. The number of allylic oxidation sites excluding steroid dienone is 2. The Kier molecular flexibility index (Phi) is 19.6. The first kappa shape index (κ1) is 64.2. The van der Waals surface area contributed by atoms with Crippen molar-refractivity contribution in [1.82, 2.24) is 49.4 Å². The number of likely N-dealkylation sites (tertiary alicyclic amines) is 4. The van der Waals surface area contributed by atoms with E-state index in [1.54, 1.807) is 0 Å². The van der Waals surface area contributed by atoms with Crippen molar-refractivity contribution in [3.8, 4) is 22.6 Å². The van der Waals surface area contributed by atoms with E-state index < -0.39 is 0 Å². The fourth-order valence-corrected chi connectivity index (χ4v) is 16.1. The fraction of sp³-hybridized carbons (Fsp3) is 0.494. The Morgan fingerprint density at radius 2 is 0.904 bits per heavy atom. The number of aromatic amines is 2. The molecule has 6 aromatic rings. The third-order valence-corrected chi connectivity index (χ3v) is 21.6. The monoisotopic (exact) mass is 1270 g/mol. The molecular formula is C77H95N13O4. The van der Waals surface area contributed by atoms with Gasteiger partial charge < -0.3 is 39.4 Å². The summed E-state index contributed by atoms with van der Waals surface area (Å²) in [4.78, 5) is 96.5. The summed E-state index contributed by atoms with van der Waals surface area (Å²) in [6, 6.07) is 33.4. The Morgan fingerprint density at radius 3 is 1.43 bits per heavy atom. The highest BCUT2D eigenvalue weighted by atomic mass is 16.2. The van der Waals surface area contributed by atoms with Gasteiger partial charge in [0.25, 0.3) is 0 Å². The number of imidazole rings is 2. The van der Waals surface area contributed by atoms with E-state index in [2.05, 4.69) is 72.2 Å². The molecule has 8 aliphatic rings. The molecule has 5 saturated heterocycles. The maximum Gasteiger partial charge on any atom is 0.230 e. The second kappa shape index (κ2) is 28.6. The maximum atomic E-state index is 13.5. The van der Waals surface area contributed by atoms with Crippen molar-refractivity contribution in [2.75, 3.05) is 57.3 Å². The van der Waals surface area contributed by atoms with E-state index in [0.717, 1.165) is 181 Å². The lowest BCUT2D eigenvalue weighted by Gasteiger charge is -2.38. The molecule has 0 bridgehead atoms. The van der Waals surface area contributed by atoms with Crippen molar-refractivity contribution < 1.29 is 19.2 Å². The van der Waals surface area contributed by atoms with E-state index in [1.807, 2.05) is 137 Å². The summed E-state index contributed by atoms with van der Waals surface area (Å²) < 4.78 is 0. The molecule has 0 spiro atoms. The number of piperazine rings is 1. The minimum atomic E-state index is -0.180. The minimum absolute atomic E-state index is 0.0194. The summed E-state index contributed by atoms with van der Waals surface area (Å²) in [5.41, 5.74) is 13.6. The molecule has 0 radical (unpaired) electrons. The van der Waals surface area contributed by atoms with Crippen LogP contribution in [0.4, 0.5) is 5.69 Å². The average molecular weight is 1270 g/mol. The van der Waals surface area contributed by atoms with E-state index in [-0.39, 0.29) is 71.5 Å². The maximum absolute atomic E-state index is 13.5. The van der Waals surface area contributed by atoms with Gasteiger partial charge in [-0.05, 0) is 149 Å². The zero-order valence-corrected chi connectivity index (χ0v) is 56.0. The van der Waals surface area contributed by atoms with Crippen LogP contribution in [-0.4, -0.2) is 149 Å². The Bertz CT molecular complexity index is 3510. The summed E-state index contributed by atoms with van der Waals surface area (Å²) in [7, 11) is 0. The molecule has 6 atom stereocenters. The highest BCUT2D eigenvalue weighted by Gasteiger charge is 2.40. The predicted molar refractivity (Wildman–Crippen MR) is 371 cm³/mol. The zero-order valence-electron chi connectivity index (χ0n) is 56.0. The number of hydrogen-bond acceptors (Lipinski definition) is 11. The van der Waals surface area contributed by atoms with E-state index in [1.165, 1.54) is 41.1 Å². The van der Waals surface area contributed by atoms with Gasteiger partial charge in [-0.15, -0.1) is 0 Å². The number of nitrogens with zero attached hydrogens (tertiary/aromatic N) is 11. The van der Waals surface area contributed by atoms with Crippen LogP contribution in [0.2, 0.25) is 0 Å². The molecule has 7 aliphatic heterocycles. The van der Waals surface area contributed by atoms with Crippen molar-refractivity contribution in [2.24, 2.45) is 27.7 Å². The molecule has 4 amide bonds. The van der Waals surface area contributed by atoms with Crippen molar-refractivity contribution in [2.45, 2.75) is 173 Å². The molecule has 17 nitrogen and oxygen atoms in total. The topological polar surface area (TPSA) is 183 Å². The minimum Gasteiger partial charge on any atom is -0.370 e. The molecule has 3 aromatic carbocycles. The van der Waals surface area contributed by atoms with Gasteiger partial charge >= 0.3 is 0 Å². The average Bonchev–Trinajstić information content (AvgIpc) is 1.69. The van der Waals surface area contributed by atoms with Crippen LogP contribution < -0.4 is 4.90 Å². The van der Waals surface area contributed by atoms with Crippen molar-refractivity contribution in [1.29, 1.82) is 0 Å². The molecule has 94 heavy (non-hydrogen) atoms. The second-order valence-electron chi connectivity index (χ2n) is 28.2. The molecule has 492 valence electrons. The summed E-state index contributed by atoms with van der Waals surface area (Å²) >= 11 is 0. The lowest BCUT2D eigenvalue weighted by atomic mass is 9.75. The predicted octanol–water partition coefficient (Wildman–Crippen LogP) is 13.6. The fourth-order valence-electron chi connectivity index (χ4n) is 16.1. The summed E-state index contributed by atoms with van der Waals surface area (Å²) in [6.45, 7) is 19.0. The van der Waals surface area contributed by atoms with E-state index >= 15 is 0 Å². The molecule has 17 heteroatoms. The third-order valence-electron chi connectivity index (χ3n) is 21.6. The van der Waals surface area contributed by atoms with Crippen LogP contribution >= 0.6 is 0 Å². The van der Waals surface area contributed by atoms with Gasteiger partial charge in [0.1, 0.15) is 11.6 Å². The van der Waals surface area contributed by atoms with Gasteiger partial charge in [0, 0.05) is 118 Å². The quantitative estimate of drug-likeness (QED) is 0.0952.